The number of halogens is 1. The molecule has 4 heteroatoms. The molecule has 1 fully saturated rings. The quantitative estimate of drug-likeness (QED) is 0.828. The Labute approximate surface area is 123 Å². The maximum absolute atomic E-state index is 12.0. The van der Waals surface area contributed by atoms with Crippen molar-refractivity contribution in [2.45, 2.75) is 45.6 Å². The van der Waals surface area contributed by atoms with E-state index in [1.54, 1.807) is 0 Å². The number of anilines is 1. The summed E-state index contributed by atoms with van der Waals surface area (Å²) in [6.07, 6.45) is 4.80. The zero-order chi connectivity index (χ0) is 13.8. The molecule has 1 saturated carbocycles. The number of urea groups is 1. The highest BCUT2D eigenvalue weighted by Gasteiger charge is 2.22. The number of rotatable bonds is 2. The number of carbonyl (C=O) groups is 1. The Hall–Kier alpha value is -1.03. The van der Waals surface area contributed by atoms with Crippen molar-refractivity contribution in [2.24, 2.45) is 5.92 Å². The maximum atomic E-state index is 12.0. The average Bonchev–Trinajstić information content (AvgIpc) is 2.36. The van der Waals surface area contributed by atoms with Crippen molar-refractivity contribution in [1.82, 2.24) is 5.32 Å². The fraction of sp³-hybridized carbons (Fsp3) is 0.533. The first-order valence-electron chi connectivity index (χ1n) is 6.90. The van der Waals surface area contributed by atoms with Gasteiger partial charge in [0.25, 0.3) is 0 Å². The van der Waals surface area contributed by atoms with Gasteiger partial charge in [-0.1, -0.05) is 35.7 Å². The zero-order valence-corrected chi connectivity index (χ0v) is 13.1. The van der Waals surface area contributed by atoms with Crippen LogP contribution in [0.15, 0.2) is 22.7 Å². The summed E-state index contributed by atoms with van der Waals surface area (Å²) in [7, 11) is 0. The fourth-order valence-electron chi connectivity index (χ4n) is 2.62. The van der Waals surface area contributed by atoms with Gasteiger partial charge in [0.1, 0.15) is 0 Å². The second-order valence-corrected chi connectivity index (χ2v) is 6.34. The van der Waals surface area contributed by atoms with Gasteiger partial charge in [0.15, 0.2) is 0 Å². The van der Waals surface area contributed by atoms with Crippen molar-refractivity contribution in [3.63, 3.8) is 0 Å². The number of hydrogen-bond acceptors (Lipinski definition) is 1. The van der Waals surface area contributed by atoms with E-state index in [9.17, 15) is 4.79 Å². The number of amides is 2. The Balaban J connectivity index is 1.93. The van der Waals surface area contributed by atoms with Gasteiger partial charge in [-0.25, -0.2) is 4.79 Å². The van der Waals surface area contributed by atoms with E-state index in [-0.39, 0.29) is 6.03 Å². The summed E-state index contributed by atoms with van der Waals surface area (Å²) < 4.78 is 1.02. The molecule has 1 aromatic carbocycles. The molecular formula is C15H21BrN2O. The van der Waals surface area contributed by atoms with Crippen LogP contribution >= 0.6 is 15.9 Å². The Kier molecular flexibility index (Phi) is 4.86. The van der Waals surface area contributed by atoms with E-state index in [1.165, 1.54) is 19.3 Å². The minimum Gasteiger partial charge on any atom is -0.335 e. The third-order valence-electron chi connectivity index (χ3n) is 3.86. The smallest absolute Gasteiger partial charge is 0.319 e. The molecule has 0 heterocycles. The Morgan fingerprint density at radius 1 is 1.32 bits per heavy atom. The summed E-state index contributed by atoms with van der Waals surface area (Å²) in [4.78, 5) is 12.0. The molecule has 0 bridgehead atoms. The van der Waals surface area contributed by atoms with Crippen LogP contribution in [0, 0.1) is 12.8 Å². The van der Waals surface area contributed by atoms with Gasteiger partial charge in [-0.05, 0) is 49.4 Å². The maximum Gasteiger partial charge on any atom is 0.319 e. The highest BCUT2D eigenvalue weighted by atomic mass is 79.9. The number of hydrogen-bond donors (Lipinski definition) is 2. The highest BCUT2D eigenvalue weighted by molar-refractivity contribution is 9.10. The van der Waals surface area contributed by atoms with E-state index in [4.69, 9.17) is 0 Å². The summed E-state index contributed by atoms with van der Waals surface area (Å²) in [5.41, 5.74) is 1.92. The molecule has 1 aromatic rings. The molecule has 104 valence electrons. The number of nitrogens with one attached hydrogen (secondary N) is 2. The van der Waals surface area contributed by atoms with Crippen molar-refractivity contribution >= 4 is 27.6 Å². The zero-order valence-electron chi connectivity index (χ0n) is 11.5. The van der Waals surface area contributed by atoms with Gasteiger partial charge in [0.05, 0.1) is 0 Å². The van der Waals surface area contributed by atoms with Gasteiger partial charge in [-0.3, -0.25) is 0 Å². The second kappa shape index (κ2) is 6.42. The molecule has 2 N–H and O–H groups in total. The van der Waals surface area contributed by atoms with Crippen LogP contribution in [0.3, 0.4) is 0 Å². The first kappa shape index (κ1) is 14.4. The molecule has 19 heavy (non-hydrogen) atoms. The van der Waals surface area contributed by atoms with Crippen molar-refractivity contribution in [3.05, 3.63) is 28.2 Å². The summed E-state index contributed by atoms with van der Waals surface area (Å²) in [6, 6.07) is 6.07. The molecule has 2 amide bonds. The number of carbonyl (C=O) groups excluding carboxylic acids is 1. The molecule has 2 rings (SSSR count). The van der Waals surface area contributed by atoms with Crippen LogP contribution in [0.25, 0.3) is 0 Å². The molecule has 0 aromatic heterocycles. The summed E-state index contributed by atoms with van der Waals surface area (Å²) in [5.74, 6) is 0.575. The van der Waals surface area contributed by atoms with Gasteiger partial charge >= 0.3 is 6.03 Å². The van der Waals surface area contributed by atoms with Crippen LogP contribution in [-0.4, -0.2) is 12.1 Å². The van der Waals surface area contributed by atoms with Crippen LogP contribution in [0.1, 0.15) is 38.2 Å². The third kappa shape index (κ3) is 3.96. The first-order valence-corrected chi connectivity index (χ1v) is 7.69. The van der Waals surface area contributed by atoms with Gasteiger partial charge in [-0.2, -0.15) is 0 Å². The van der Waals surface area contributed by atoms with Crippen molar-refractivity contribution in [2.75, 3.05) is 5.32 Å². The largest absolute Gasteiger partial charge is 0.335 e. The van der Waals surface area contributed by atoms with E-state index < -0.39 is 0 Å². The van der Waals surface area contributed by atoms with E-state index >= 15 is 0 Å². The van der Waals surface area contributed by atoms with Crippen molar-refractivity contribution < 1.29 is 4.79 Å². The average molecular weight is 325 g/mol. The summed E-state index contributed by atoms with van der Waals surface area (Å²) in [6.45, 7) is 4.21. The Bertz CT molecular complexity index is 461. The molecule has 0 saturated heterocycles. The van der Waals surface area contributed by atoms with Crippen LogP contribution < -0.4 is 10.6 Å². The van der Waals surface area contributed by atoms with Gasteiger partial charge in [0.2, 0.25) is 0 Å². The Morgan fingerprint density at radius 3 is 2.74 bits per heavy atom. The van der Waals surface area contributed by atoms with Crippen LogP contribution in [0.5, 0.6) is 0 Å². The van der Waals surface area contributed by atoms with Crippen molar-refractivity contribution in [3.8, 4) is 0 Å². The molecular weight excluding hydrogens is 304 g/mol. The highest BCUT2D eigenvalue weighted by Crippen LogP contribution is 2.24. The van der Waals surface area contributed by atoms with E-state index in [0.717, 1.165) is 22.1 Å². The molecule has 1 aliphatic rings. The van der Waals surface area contributed by atoms with Gasteiger partial charge < -0.3 is 10.6 Å². The predicted octanol–water partition coefficient (Wildman–Crippen LogP) is 4.46. The van der Waals surface area contributed by atoms with Gasteiger partial charge in [-0.15, -0.1) is 0 Å². The monoisotopic (exact) mass is 324 g/mol. The summed E-state index contributed by atoms with van der Waals surface area (Å²) in [5, 5.41) is 6.03. The molecule has 2 atom stereocenters. The lowest BCUT2D eigenvalue weighted by molar-refractivity contribution is 0.232. The standard InChI is InChI=1S/C15H21BrN2O/c1-10-5-3-4-6-13(10)17-15(19)18-14-8-7-12(16)9-11(14)2/h7-10,13H,3-6H2,1-2H3,(H2,17,18,19). The van der Waals surface area contributed by atoms with Gasteiger partial charge in [0, 0.05) is 16.2 Å². The predicted molar refractivity (Wildman–Crippen MR) is 82.5 cm³/mol. The first-order chi connectivity index (χ1) is 9.06. The number of aryl methyl sites for hydroxylation is 1. The topological polar surface area (TPSA) is 41.1 Å². The molecule has 2 unspecified atom stereocenters. The lowest BCUT2D eigenvalue weighted by Crippen LogP contribution is -2.43. The number of benzene rings is 1. The summed E-state index contributed by atoms with van der Waals surface area (Å²) >= 11 is 3.42. The minimum absolute atomic E-state index is 0.0934. The van der Waals surface area contributed by atoms with Crippen LogP contribution in [-0.2, 0) is 0 Å². The van der Waals surface area contributed by atoms with E-state index in [1.807, 2.05) is 25.1 Å². The molecule has 0 aliphatic heterocycles. The van der Waals surface area contributed by atoms with Crippen molar-refractivity contribution in [1.29, 1.82) is 0 Å². The molecule has 3 nitrogen and oxygen atoms in total. The van der Waals surface area contributed by atoms with E-state index in [2.05, 4.69) is 33.5 Å². The molecule has 1 aliphatic carbocycles. The molecule has 0 radical (unpaired) electrons. The fourth-order valence-corrected chi connectivity index (χ4v) is 3.10. The SMILES string of the molecule is Cc1cc(Br)ccc1NC(=O)NC1CCCCC1C. The minimum atomic E-state index is -0.0934. The lowest BCUT2D eigenvalue weighted by Gasteiger charge is -2.29. The van der Waals surface area contributed by atoms with Crippen LogP contribution in [0.2, 0.25) is 0 Å². The third-order valence-corrected chi connectivity index (χ3v) is 4.36. The lowest BCUT2D eigenvalue weighted by atomic mass is 9.86. The Morgan fingerprint density at radius 2 is 2.05 bits per heavy atom. The molecule has 0 spiro atoms. The second-order valence-electron chi connectivity index (χ2n) is 5.43. The van der Waals surface area contributed by atoms with E-state index in [0.29, 0.717) is 12.0 Å². The van der Waals surface area contributed by atoms with Crippen LogP contribution in [0.4, 0.5) is 10.5 Å². The normalized spacial score (nSPS) is 22.9.